The summed E-state index contributed by atoms with van der Waals surface area (Å²) in [6, 6.07) is 3.58. The lowest BCUT2D eigenvalue weighted by atomic mass is 10.0. The number of aromatic nitrogens is 2. The van der Waals surface area contributed by atoms with Gasteiger partial charge in [-0.2, -0.15) is 5.10 Å². The number of rotatable bonds is 5. The maximum Gasteiger partial charge on any atom is 0.269 e. The van der Waals surface area contributed by atoms with Gasteiger partial charge in [-0.25, -0.2) is 5.10 Å². The van der Waals surface area contributed by atoms with Crippen LogP contribution in [0.15, 0.2) is 22.3 Å². The molecular formula is C14H17N3O2S. The fourth-order valence-corrected chi connectivity index (χ4v) is 2.76. The fourth-order valence-electron chi connectivity index (χ4n) is 2.12. The van der Waals surface area contributed by atoms with Crippen LogP contribution in [0.3, 0.4) is 0 Å². The zero-order valence-corrected chi connectivity index (χ0v) is 12.3. The van der Waals surface area contributed by atoms with Gasteiger partial charge in [-0.15, -0.1) is 11.3 Å². The highest BCUT2D eigenvalue weighted by atomic mass is 32.1. The number of carbonyl (C=O) groups excluding carboxylic acids is 1. The minimum Gasteiger partial charge on any atom is -0.347 e. The summed E-state index contributed by atoms with van der Waals surface area (Å²) in [5.41, 5.74) is 2.19. The number of hydrogen-bond acceptors (Lipinski definition) is 4. The third-order valence-electron chi connectivity index (χ3n) is 3.14. The number of amides is 1. The first-order chi connectivity index (χ1) is 9.67. The van der Waals surface area contributed by atoms with Crippen LogP contribution in [-0.2, 0) is 19.4 Å². The van der Waals surface area contributed by atoms with Crippen molar-refractivity contribution in [3.63, 3.8) is 0 Å². The summed E-state index contributed by atoms with van der Waals surface area (Å²) >= 11 is 1.38. The molecule has 0 atom stereocenters. The van der Waals surface area contributed by atoms with Gasteiger partial charge < -0.3 is 5.32 Å². The second kappa shape index (κ2) is 6.47. The van der Waals surface area contributed by atoms with Crippen molar-refractivity contribution in [2.24, 2.45) is 0 Å². The van der Waals surface area contributed by atoms with E-state index >= 15 is 0 Å². The Morgan fingerprint density at radius 2 is 2.15 bits per heavy atom. The molecule has 6 heteroatoms. The molecule has 0 bridgehead atoms. The number of hydrogen-bond donors (Lipinski definition) is 2. The van der Waals surface area contributed by atoms with E-state index in [2.05, 4.69) is 15.5 Å². The second-order valence-electron chi connectivity index (χ2n) is 4.32. The van der Waals surface area contributed by atoms with Gasteiger partial charge in [0.05, 0.1) is 10.6 Å². The highest BCUT2D eigenvalue weighted by Crippen LogP contribution is 2.11. The van der Waals surface area contributed by atoms with E-state index in [0.717, 1.165) is 24.1 Å². The Kier molecular flexibility index (Phi) is 4.68. The predicted octanol–water partition coefficient (Wildman–Crippen LogP) is 1.89. The van der Waals surface area contributed by atoms with Gasteiger partial charge in [-0.1, -0.05) is 19.9 Å². The van der Waals surface area contributed by atoms with Crippen molar-refractivity contribution in [3.05, 3.63) is 49.6 Å². The molecule has 0 radical (unpaired) electrons. The normalized spacial score (nSPS) is 10.5. The van der Waals surface area contributed by atoms with Gasteiger partial charge in [-0.3, -0.25) is 9.59 Å². The molecule has 0 fully saturated rings. The van der Waals surface area contributed by atoms with Crippen molar-refractivity contribution in [1.29, 1.82) is 0 Å². The summed E-state index contributed by atoms with van der Waals surface area (Å²) in [7, 11) is 0. The second-order valence-corrected chi connectivity index (χ2v) is 5.27. The summed E-state index contributed by atoms with van der Waals surface area (Å²) in [5, 5.41) is 11.2. The van der Waals surface area contributed by atoms with Crippen LogP contribution in [0.5, 0.6) is 0 Å². The number of H-pyrrole nitrogens is 1. The first kappa shape index (κ1) is 14.5. The quantitative estimate of drug-likeness (QED) is 0.883. The zero-order chi connectivity index (χ0) is 14.5. The molecule has 2 heterocycles. The lowest BCUT2D eigenvalue weighted by Crippen LogP contribution is -2.29. The monoisotopic (exact) mass is 291 g/mol. The summed E-state index contributed by atoms with van der Waals surface area (Å²) < 4.78 is 0. The van der Waals surface area contributed by atoms with E-state index in [0.29, 0.717) is 10.4 Å². The van der Waals surface area contributed by atoms with E-state index in [9.17, 15) is 9.59 Å². The molecule has 2 N–H and O–H groups in total. The van der Waals surface area contributed by atoms with Crippen molar-refractivity contribution >= 4 is 17.2 Å². The first-order valence-electron chi connectivity index (χ1n) is 6.58. The summed E-state index contributed by atoms with van der Waals surface area (Å²) in [6.07, 6.45) is 1.48. The molecule has 0 saturated heterocycles. The summed E-state index contributed by atoms with van der Waals surface area (Å²) in [6.45, 7) is 4.21. The molecule has 20 heavy (non-hydrogen) atoms. The van der Waals surface area contributed by atoms with Gasteiger partial charge in [-0.05, 0) is 29.9 Å². The van der Waals surface area contributed by atoms with Crippen molar-refractivity contribution in [2.75, 3.05) is 0 Å². The maximum absolute atomic E-state index is 11.9. The molecule has 0 aliphatic carbocycles. The molecule has 106 valence electrons. The van der Waals surface area contributed by atoms with E-state index in [1.165, 1.54) is 11.3 Å². The Balaban J connectivity index is 2.21. The third-order valence-corrected chi connectivity index (χ3v) is 4.01. The fraction of sp³-hybridized carbons (Fsp3) is 0.357. The Morgan fingerprint density at radius 1 is 1.35 bits per heavy atom. The van der Waals surface area contributed by atoms with Crippen LogP contribution in [0.4, 0.5) is 0 Å². The van der Waals surface area contributed by atoms with Crippen molar-refractivity contribution in [1.82, 2.24) is 15.5 Å². The number of aromatic amines is 1. The molecule has 0 saturated carbocycles. The topological polar surface area (TPSA) is 74.8 Å². The Morgan fingerprint density at radius 3 is 2.75 bits per heavy atom. The van der Waals surface area contributed by atoms with Gasteiger partial charge in [0, 0.05) is 12.1 Å². The van der Waals surface area contributed by atoms with E-state index in [4.69, 9.17) is 0 Å². The molecule has 1 amide bonds. The van der Waals surface area contributed by atoms with E-state index in [1.54, 1.807) is 6.07 Å². The van der Waals surface area contributed by atoms with Gasteiger partial charge in [0.15, 0.2) is 0 Å². The molecule has 0 spiro atoms. The van der Waals surface area contributed by atoms with Gasteiger partial charge in [0.25, 0.3) is 11.5 Å². The van der Waals surface area contributed by atoms with Crippen LogP contribution in [0.25, 0.3) is 0 Å². The average Bonchev–Trinajstić information content (AvgIpc) is 2.99. The van der Waals surface area contributed by atoms with Crippen LogP contribution in [0.1, 0.15) is 40.3 Å². The SMILES string of the molecule is CCc1n[nH]c(=O)c(CNC(=O)c2cccs2)c1CC. The first-order valence-corrected chi connectivity index (χ1v) is 7.46. The zero-order valence-electron chi connectivity index (χ0n) is 11.5. The van der Waals surface area contributed by atoms with Gasteiger partial charge in [0.1, 0.15) is 0 Å². The molecular weight excluding hydrogens is 274 g/mol. The van der Waals surface area contributed by atoms with E-state index in [-0.39, 0.29) is 18.0 Å². The molecule has 0 aliphatic rings. The molecule has 0 aromatic carbocycles. The predicted molar refractivity (Wildman–Crippen MR) is 79.1 cm³/mol. The number of thiophene rings is 1. The Bertz CT molecular complexity index is 647. The van der Waals surface area contributed by atoms with Gasteiger partial charge in [0.2, 0.25) is 0 Å². The van der Waals surface area contributed by atoms with Crippen LogP contribution in [-0.4, -0.2) is 16.1 Å². The molecule has 5 nitrogen and oxygen atoms in total. The molecule has 2 rings (SSSR count). The molecule has 2 aromatic heterocycles. The van der Waals surface area contributed by atoms with Crippen LogP contribution < -0.4 is 10.9 Å². The molecule has 2 aromatic rings. The van der Waals surface area contributed by atoms with Crippen molar-refractivity contribution in [2.45, 2.75) is 33.2 Å². The van der Waals surface area contributed by atoms with Crippen molar-refractivity contribution in [3.8, 4) is 0 Å². The number of nitrogens with one attached hydrogen (secondary N) is 2. The van der Waals surface area contributed by atoms with E-state index in [1.807, 2.05) is 25.3 Å². The smallest absolute Gasteiger partial charge is 0.269 e. The van der Waals surface area contributed by atoms with Crippen LogP contribution >= 0.6 is 11.3 Å². The standard InChI is InChI=1S/C14H17N3O2S/c1-3-9-10(13(18)17-16-11(9)4-2)8-15-14(19)12-6-5-7-20-12/h5-7H,3-4,8H2,1-2H3,(H,15,19)(H,17,18). The largest absolute Gasteiger partial charge is 0.347 e. The van der Waals surface area contributed by atoms with Crippen LogP contribution in [0.2, 0.25) is 0 Å². The number of aryl methyl sites for hydroxylation is 1. The van der Waals surface area contributed by atoms with Gasteiger partial charge >= 0.3 is 0 Å². The average molecular weight is 291 g/mol. The Labute approximate surface area is 121 Å². The highest BCUT2D eigenvalue weighted by Gasteiger charge is 2.13. The molecule has 0 unspecified atom stereocenters. The number of nitrogens with zero attached hydrogens (tertiary/aromatic N) is 1. The minimum atomic E-state index is -0.231. The maximum atomic E-state index is 11.9. The highest BCUT2D eigenvalue weighted by molar-refractivity contribution is 7.12. The Hall–Kier alpha value is -1.95. The van der Waals surface area contributed by atoms with E-state index < -0.39 is 0 Å². The lowest BCUT2D eigenvalue weighted by Gasteiger charge is -2.11. The summed E-state index contributed by atoms with van der Waals surface area (Å²) in [5.74, 6) is -0.156. The van der Waals surface area contributed by atoms with Crippen molar-refractivity contribution < 1.29 is 4.79 Å². The summed E-state index contributed by atoms with van der Waals surface area (Å²) in [4.78, 5) is 24.5. The minimum absolute atomic E-state index is 0.156. The lowest BCUT2D eigenvalue weighted by molar-refractivity contribution is 0.0954. The number of carbonyl (C=O) groups is 1. The van der Waals surface area contributed by atoms with Crippen LogP contribution in [0, 0.1) is 0 Å². The molecule has 0 aliphatic heterocycles. The third kappa shape index (κ3) is 2.96.